The van der Waals surface area contributed by atoms with Crippen molar-refractivity contribution in [3.8, 4) is 5.69 Å². The molecule has 0 spiro atoms. The second kappa shape index (κ2) is 7.00. The Labute approximate surface area is 161 Å². The van der Waals surface area contributed by atoms with Gasteiger partial charge in [0.1, 0.15) is 6.33 Å². The van der Waals surface area contributed by atoms with E-state index < -0.39 is 0 Å². The first-order valence-electron chi connectivity index (χ1n) is 8.62. The molecule has 0 bridgehead atoms. The molecular formula is C20H18N4O2S. The molecule has 0 unspecified atom stereocenters. The van der Waals surface area contributed by atoms with Crippen LogP contribution in [0.3, 0.4) is 0 Å². The molecule has 0 radical (unpaired) electrons. The molecule has 0 atom stereocenters. The molecule has 4 rings (SSSR count). The molecule has 2 heterocycles. The molecule has 136 valence electrons. The third kappa shape index (κ3) is 3.14. The van der Waals surface area contributed by atoms with E-state index in [-0.39, 0.29) is 11.8 Å². The van der Waals surface area contributed by atoms with Crippen LogP contribution in [0.1, 0.15) is 31.8 Å². The number of imide groups is 1. The van der Waals surface area contributed by atoms with Gasteiger partial charge < -0.3 is 0 Å². The molecular weight excluding hydrogens is 360 g/mol. The summed E-state index contributed by atoms with van der Waals surface area (Å²) in [6.45, 7) is 4.44. The third-order valence-corrected chi connectivity index (χ3v) is 5.48. The fraction of sp³-hybridized carbons (Fsp3) is 0.200. The number of thioether (sulfide) groups is 1. The van der Waals surface area contributed by atoms with Crippen molar-refractivity contribution in [1.29, 1.82) is 0 Å². The first-order valence-corrected chi connectivity index (χ1v) is 9.60. The third-order valence-electron chi connectivity index (χ3n) is 4.55. The Morgan fingerprint density at radius 1 is 1.00 bits per heavy atom. The summed E-state index contributed by atoms with van der Waals surface area (Å²) in [7, 11) is 0. The average molecular weight is 378 g/mol. The summed E-state index contributed by atoms with van der Waals surface area (Å²) in [6, 6.07) is 13.1. The summed E-state index contributed by atoms with van der Waals surface area (Å²) >= 11 is 1.47. The van der Waals surface area contributed by atoms with Crippen molar-refractivity contribution < 1.29 is 9.59 Å². The van der Waals surface area contributed by atoms with Crippen LogP contribution in [0.25, 0.3) is 5.69 Å². The van der Waals surface area contributed by atoms with Gasteiger partial charge in [0.05, 0.1) is 16.8 Å². The van der Waals surface area contributed by atoms with Crippen LogP contribution in [-0.4, -0.2) is 43.8 Å². The number of carbonyl (C=O) groups excluding carboxylic acids is 2. The average Bonchev–Trinajstić information content (AvgIpc) is 3.21. The van der Waals surface area contributed by atoms with Gasteiger partial charge in [-0.2, -0.15) is 0 Å². The summed E-state index contributed by atoms with van der Waals surface area (Å²) in [5, 5.41) is 8.94. The smallest absolute Gasteiger partial charge is 0.261 e. The predicted molar refractivity (Wildman–Crippen MR) is 103 cm³/mol. The van der Waals surface area contributed by atoms with Crippen LogP contribution >= 0.6 is 11.8 Å². The lowest BCUT2D eigenvalue weighted by molar-refractivity contribution is 0.0664. The van der Waals surface area contributed by atoms with Crippen LogP contribution in [-0.2, 0) is 0 Å². The number of aryl methyl sites for hydroxylation is 2. The molecule has 0 N–H and O–H groups in total. The second-order valence-corrected chi connectivity index (χ2v) is 7.49. The van der Waals surface area contributed by atoms with Crippen molar-refractivity contribution >= 4 is 23.6 Å². The van der Waals surface area contributed by atoms with Crippen LogP contribution in [0.15, 0.2) is 53.9 Å². The van der Waals surface area contributed by atoms with E-state index in [9.17, 15) is 9.59 Å². The topological polar surface area (TPSA) is 68.1 Å². The summed E-state index contributed by atoms with van der Waals surface area (Å²) in [5.41, 5.74) is 4.31. The highest BCUT2D eigenvalue weighted by Crippen LogP contribution is 2.25. The Kier molecular flexibility index (Phi) is 4.53. The fourth-order valence-electron chi connectivity index (χ4n) is 3.23. The van der Waals surface area contributed by atoms with Crippen LogP contribution in [0.4, 0.5) is 0 Å². The lowest BCUT2D eigenvalue weighted by Gasteiger charge is -2.14. The first-order chi connectivity index (χ1) is 13.1. The van der Waals surface area contributed by atoms with Crippen LogP contribution in [0.2, 0.25) is 0 Å². The Balaban J connectivity index is 1.46. The lowest BCUT2D eigenvalue weighted by Crippen LogP contribution is -2.31. The van der Waals surface area contributed by atoms with E-state index in [1.165, 1.54) is 22.2 Å². The quantitative estimate of drug-likeness (QED) is 0.503. The van der Waals surface area contributed by atoms with Crippen molar-refractivity contribution in [2.24, 2.45) is 0 Å². The maximum atomic E-state index is 12.4. The van der Waals surface area contributed by atoms with Gasteiger partial charge in [0.25, 0.3) is 11.8 Å². The summed E-state index contributed by atoms with van der Waals surface area (Å²) in [4.78, 5) is 26.2. The van der Waals surface area contributed by atoms with Crippen LogP contribution < -0.4 is 0 Å². The highest BCUT2D eigenvalue weighted by atomic mass is 32.2. The monoisotopic (exact) mass is 378 g/mol. The van der Waals surface area contributed by atoms with E-state index in [4.69, 9.17) is 0 Å². The summed E-state index contributed by atoms with van der Waals surface area (Å²) < 4.78 is 1.93. The van der Waals surface area contributed by atoms with Crippen molar-refractivity contribution in [3.63, 3.8) is 0 Å². The molecule has 6 nitrogen and oxygen atoms in total. The van der Waals surface area contributed by atoms with Gasteiger partial charge in [0.2, 0.25) is 0 Å². The SMILES string of the molecule is Cc1ccc(-n2cnnc2SCCN2C(=O)c3ccccc3C2=O)c(C)c1. The number of amides is 2. The van der Waals surface area contributed by atoms with Crippen molar-refractivity contribution in [2.45, 2.75) is 19.0 Å². The fourth-order valence-corrected chi connectivity index (χ4v) is 4.08. The number of rotatable bonds is 5. The molecule has 1 aliphatic heterocycles. The van der Waals surface area contributed by atoms with Gasteiger partial charge in [-0.25, -0.2) is 0 Å². The molecule has 3 aromatic rings. The molecule has 2 amide bonds. The molecule has 27 heavy (non-hydrogen) atoms. The normalized spacial score (nSPS) is 13.3. The molecule has 1 aliphatic rings. The van der Waals surface area contributed by atoms with Gasteiger partial charge in [0.15, 0.2) is 5.16 Å². The minimum absolute atomic E-state index is 0.230. The van der Waals surface area contributed by atoms with Crippen LogP contribution in [0, 0.1) is 13.8 Å². The molecule has 1 aromatic heterocycles. The molecule has 7 heteroatoms. The van der Waals surface area contributed by atoms with Gasteiger partial charge in [-0.05, 0) is 37.6 Å². The lowest BCUT2D eigenvalue weighted by atomic mass is 10.1. The molecule has 2 aromatic carbocycles. The maximum Gasteiger partial charge on any atom is 0.261 e. The van der Waals surface area contributed by atoms with Crippen molar-refractivity contribution in [1.82, 2.24) is 19.7 Å². The Bertz CT molecular complexity index is 1010. The first kappa shape index (κ1) is 17.5. The van der Waals surface area contributed by atoms with Crippen LogP contribution in [0.5, 0.6) is 0 Å². The van der Waals surface area contributed by atoms with Gasteiger partial charge in [0, 0.05) is 12.3 Å². The zero-order valence-electron chi connectivity index (χ0n) is 15.0. The largest absolute Gasteiger partial charge is 0.276 e. The number of benzene rings is 2. The maximum absolute atomic E-state index is 12.4. The zero-order chi connectivity index (χ0) is 19.0. The van der Waals surface area contributed by atoms with Gasteiger partial charge in [-0.1, -0.05) is 41.6 Å². The van der Waals surface area contributed by atoms with Gasteiger partial charge in [-0.15, -0.1) is 10.2 Å². The zero-order valence-corrected chi connectivity index (χ0v) is 15.9. The number of hydrogen-bond acceptors (Lipinski definition) is 5. The molecule has 0 saturated carbocycles. The molecule has 0 saturated heterocycles. The van der Waals surface area contributed by atoms with Gasteiger partial charge >= 0.3 is 0 Å². The minimum atomic E-state index is -0.230. The van der Waals surface area contributed by atoms with E-state index >= 15 is 0 Å². The number of carbonyl (C=O) groups is 2. The van der Waals surface area contributed by atoms with E-state index in [1.54, 1.807) is 30.6 Å². The molecule has 0 fully saturated rings. The Morgan fingerprint density at radius 2 is 1.70 bits per heavy atom. The van der Waals surface area contributed by atoms with Gasteiger partial charge in [-0.3, -0.25) is 19.1 Å². The number of aromatic nitrogens is 3. The predicted octanol–water partition coefficient (Wildman–Crippen LogP) is 3.27. The number of nitrogens with zero attached hydrogens (tertiary/aromatic N) is 4. The van der Waals surface area contributed by atoms with E-state index in [1.807, 2.05) is 10.6 Å². The summed E-state index contributed by atoms with van der Waals surface area (Å²) in [5.74, 6) is 0.0915. The van der Waals surface area contributed by atoms with E-state index in [0.717, 1.165) is 16.4 Å². The number of hydrogen-bond donors (Lipinski definition) is 0. The Hall–Kier alpha value is -2.93. The summed E-state index contributed by atoms with van der Waals surface area (Å²) in [6.07, 6.45) is 1.68. The second-order valence-electron chi connectivity index (χ2n) is 6.43. The minimum Gasteiger partial charge on any atom is -0.276 e. The highest BCUT2D eigenvalue weighted by Gasteiger charge is 2.34. The molecule has 0 aliphatic carbocycles. The van der Waals surface area contributed by atoms with Crippen molar-refractivity contribution in [2.75, 3.05) is 12.3 Å². The Morgan fingerprint density at radius 3 is 2.37 bits per heavy atom. The van der Waals surface area contributed by atoms with E-state index in [0.29, 0.717) is 23.4 Å². The van der Waals surface area contributed by atoms with Crippen molar-refractivity contribution in [3.05, 3.63) is 71.0 Å². The standard InChI is InChI=1S/C20H18N4O2S/c1-13-7-8-17(14(2)11-13)24-12-21-22-20(24)27-10-9-23-18(25)15-5-3-4-6-16(15)19(23)26/h3-8,11-12H,9-10H2,1-2H3. The number of fused-ring (bicyclic) bond motifs is 1. The highest BCUT2D eigenvalue weighted by molar-refractivity contribution is 7.99. The van der Waals surface area contributed by atoms with E-state index in [2.05, 4.69) is 36.2 Å².